The number of carbonyl (C=O) groups is 1. The minimum Gasteiger partial charge on any atom is -0.493 e. The van der Waals surface area contributed by atoms with Gasteiger partial charge in [0.05, 0.1) is 19.6 Å². The van der Waals surface area contributed by atoms with Gasteiger partial charge in [-0.05, 0) is 37.6 Å². The molecular weight excluding hydrogens is 336 g/mol. The average Bonchev–Trinajstić information content (AvgIpc) is 3.06. The summed E-state index contributed by atoms with van der Waals surface area (Å²) in [4.78, 5) is 12.1. The molecule has 4 rings (SSSR count). The minimum absolute atomic E-state index is 0.0415. The summed E-state index contributed by atoms with van der Waals surface area (Å²) in [7, 11) is 1.60. The number of benzene rings is 2. The van der Waals surface area contributed by atoms with Crippen LogP contribution in [0, 0.1) is 0 Å². The van der Waals surface area contributed by atoms with Crippen molar-refractivity contribution in [3.63, 3.8) is 0 Å². The lowest BCUT2D eigenvalue weighted by molar-refractivity contribution is -0.135. The third-order valence-electron chi connectivity index (χ3n) is 4.43. The smallest absolute Gasteiger partial charge is 0.312 e. The molecule has 0 N–H and O–H groups in total. The van der Waals surface area contributed by atoms with Gasteiger partial charge in [0.2, 0.25) is 6.79 Å². The number of hydrogen-bond donors (Lipinski definition) is 0. The molecule has 0 spiro atoms. The second-order valence-corrected chi connectivity index (χ2v) is 6.55. The fraction of sp³-hybridized carbons (Fsp3) is 0.350. The standard InChI is InChI=1S/C20H20O6/c1-11(2)25-15-5-4-12(6-17(15)22-3)13-8-20(21)26-16-9-19-18(7-14(13)16)23-10-24-19/h4-7,9,11,13H,8,10H2,1-3H3/t13-/m1/s1. The first-order chi connectivity index (χ1) is 12.5. The molecule has 2 aliphatic rings. The van der Waals surface area contributed by atoms with E-state index >= 15 is 0 Å². The highest BCUT2D eigenvalue weighted by molar-refractivity contribution is 5.78. The van der Waals surface area contributed by atoms with E-state index in [-0.39, 0.29) is 31.2 Å². The van der Waals surface area contributed by atoms with E-state index in [9.17, 15) is 4.79 Å². The van der Waals surface area contributed by atoms with Crippen LogP contribution in [0.15, 0.2) is 30.3 Å². The Hall–Kier alpha value is -2.89. The Bertz CT molecular complexity index is 858. The summed E-state index contributed by atoms with van der Waals surface area (Å²) in [6.07, 6.45) is 0.292. The monoisotopic (exact) mass is 356 g/mol. The van der Waals surface area contributed by atoms with Gasteiger partial charge in [-0.15, -0.1) is 0 Å². The van der Waals surface area contributed by atoms with E-state index < -0.39 is 0 Å². The third kappa shape index (κ3) is 2.92. The predicted molar refractivity (Wildman–Crippen MR) is 93.4 cm³/mol. The lowest BCUT2D eigenvalue weighted by Crippen LogP contribution is -2.21. The van der Waals surface area contributed by atoms with Crippen LogP contribution >= 0.6 is 0 Å². The number of methoxy groups -OCH3 is 1. The van der Waals surface area contributed by atoms with E-state index in [2.05, 4.69) is 0 Å². The largest absolute Gasteiger partial charge is 0.493 e. The molecule has 0 saturated heterocycles. The topological polar surface area (TPSA) is 63.2 Å². The summed E-state index contributed by atoms with van der Waals surface area (Å²) in [5.74, 6) is 2.66. The maximum absolute atomic E-state index is 12.1. The second kappa shape index (κ2) is 6.44. The van der Waals surface area contributed by atoms with Crippen molar-refractivity contribution in [3.8, 4) is 28.7 Å². The van der Waals surface area contributed by atoms with Crippen molar-refractivity contribution in [2.75, 3.05) is 13.9 Å². The van der Waals surface area contributed by atoms with Crippen molar-refractivity contribution in [2.45, 2.75) is 32.3 Å². The van der Waals surface area contributed by atoms with Crippen LogP contribution in [-0.4, -0.2) is 26.0 Å². The number of carbonyl (C=O) groups excluding carboxylic acids is 1. The number of esters is 1. The summed E-state index contributed by atoms with van der Waals surface area (Å²) in [5, 5.41) is 0. The van der Waals surface area contributed by atoms with E-state index in [1.807, 2.05) is 38.1 Å². The highest BCUT2D eigenvalue weighted by atomic mass is 16.7. The zero-order chi connectivity index (χ0) is 18.3. The fourth-order valence-electron chi connectivity index (χ4n) is 3.29. The van der Waals surface area contributed by atoms with Crippen LogP contribution in [0.25, 0.3) is 0 Å². The van der Waals surface area contributed by atoms with Crippen molar-refractivity contribution >= 4 is 5.97 Å². The summed E-state index contributed by atoms with van der Waals surface area (Å²) in [5.41, 5.74) is 1.85. The number of hydrogen-bond acceptors (Lipinski definition) is 6. The lowest BCUT2D eigenvalue weighted by Gasteiger charge is -2.26. The molecule has 0 radical (unpaired) electrons. The average molecular weight is 356 g/mol. The lowest BCUT2D eigenvalue weighted by atomic mass is 9.86. The second-order valence-electron chi connectivity index (χ2n) is 6.55. The first-order valence-electron chi connectivity index (χ1n) is 8.54. The van der Waals surface area contributed by atoms with Crippen LogP contribution in [0.3, 0.4) is 0 Å². The van der Waals surface area contributed by atoms with Gasteiger partial charge in [-0.3, -0.25) is 4.79 Å². The maximum Gasteiger partial charge on any atom is 0.312 e. The fourth-order valence-corrected chi connectivity index (χ4v) is 3.29. The van der Waals surface area contributed by atoms with Gasteiger partial charge in [-0.1, -0.05) is 6.07 Å². The van der Waals surface area contributed by atoms with Crippen molar-refractivity contribution in [2.24, 2.45) is 0 Å². The van der Waals surface area contributed by atoms with Crippen molar-refractivity contribution in [3.05, 3.63) is 41.5 Å². The zero-order valence-electron chi connectivity index (χ0n) is 14.9. The first kappa shape index (κ1) is 16.6. The van der Waals surface area contributed by atoms with Crippen LogP contribution in [0.1, 0.15) is 37.3 Å². The molecule has 1 atom stereocenters. The Kier molecular flexibility index (Phi) is 4.11. The molecule has 2 aromatic rings. The van der Waals surface area contributed by atoms with Crippen LogP contribution in [0.4, 0.5) is 0 Å². The molecule has 2 aliphatic heterocycles. The number of rotatable bonds is 4. The summed E-state index contributed by atoms with van der Waals surface area (Å²) < 4.78 is 27.5. The van der Waals surface area contributed by atoms with Crippen LogP contribution in [-0.2, 0) is 4.79 Å². The molecule has 2 aromatic carbocycles. The molecule has 0 aliphatic carbocycles. The Balaban J connectivity index is 1.75. The summed E-state index contributed by atoms with van der Waals surface area (Å²) in [6.45, 7) is 4.10. The molecule has 0 aromatic heterocycles. The van der Waals surface area contributed by atoms with E-state index in [0.717, 1.165) is 11.1 Å². The molecule has 6 nitrogen and oxygen atoms in total. The van der Waals surface area contributed by atoms with Gasteiger partial charge in [0.1, 0.15) is 5.75 Å². The van der Waals surface area contributed by atoms with Crippen LogP contribution in [0.2, 0.25) is 0 Å². The summed E-state index contributed by atoms with van der Waals surface area (Å²) in [6, 6.07) is 9.35. The van der Waals surface area contributed by atoms with Gasteiger partial charge in [-0.25, -0.2) is 0 Å². The van der Waals surface area contributed by atoms with Crippen molar-refractivity contribution < 1.29 is 28.5 Å². The number of ether oxygens (including phenoxy) is 5. The zero-order valence-corrected chi connectivity index (χ0v) is 14.9. The van der Waals surface area contributed by atoms with Gasteiger partial charge < -0.3 is 23.7 Å². The van der Waals surface area contributed by atoms with E-state index in [1.165, 1.54) is 0 Å². The molecule has 0 bridgehead atoms. The van der Waals surface area contributed by atoms with Gasteiger partial charge in [0, 0.05) is 17.5 Å². The first-order valence-corrected chi connectivity index (χ1v) is 8.54. The Morgan fingerprint density at radius 3 is 2.54 bits per heavy atom. The third-order valence-corrected chi connectivity index (χ3v) is 4.43. The van der Waals surface area contributed by atoms with E-state index in [0.29, 0.717) is 28.7 Å². The molecular formula is C20H20O6. The molecule has 6 heteroatoms. The van der Waals surface area contributed by atoms with Crippen LogP contribution in [0.5, 0.6) is 28.7 Å². The SMILES string of the molecule is COc1cc([C@H]2CC(=O)Oc3cc4c(cc32)OCO4)ccc1OC(C)C. The van der Waals surface area contributed by atoms with Gasteiger partial charge in [0.15, 0.2) is 23.0 Å². The van der Waals surface area contributed by atoms with Crippen molar-refractivity contribution in [1.82, 2.24) is 0 Å². The normalized spacial score (nSPS) is 17.7. The molecule has 0 amide bonds. The van der Waals surface area contributed by atoms with E-state index in [4.69, 9.17) is 23.7 Å². The Morgan fingerprint density at radius 1 is 1.04 bits per heavy atom. The van der Waals surface area contributed by atoms with E-state index in [1.54, 1.807) is 13.2 Å². The molecule has 26 heavy (non-hydrogen) atoms. The minimum atomic E-state index is -0.275. The van der Waals surface area contributed by atoms with Gasteiger partial charge >= 0.3 is 5.97 Å². The molecule has 0 saturated carbocycles. The van der Waals surface area contributed by atoms with Crippen molar-refractivity contribution in [1.29, 1.82) is 0 Å². The molecule has 0 fully saturated rings. The molecule has 0 unspecified atom stereocenters. The predicted octanol–water partition coefficient (Wildman–Crippen LogP) is 3.65. The molecule has 2 heterocycles. The van der Waals surface area contributed by atoms with Gasteiger partial charge in [-0.2, -0.15) is 0 Å². The highest BCUT2D eigenvalue weighted by Gasteiger charge is 2.32. The Morgan fingerprint density at radius 2 is 1.81 bits per heavy atom. The summed E-state index contributed by atoms with van der Waals surface area (Å²) >= 11 is 0. The Labute approximate surface area is 151 Å². The van der Waals surface area contributed by atoms with Crippen LogP contribution < -0.4 is 23.7 Å². The maximum atomic E-state index is 12.1. The molecule has 136 valence electrons. The highest BCUT2D eigenvalue weighted by Crippen LogP contribution is 2.47. The number of fused-ring (bicyclic) bond motifs is 2. The quantitative estimate of drug-likeness (QED) is 0.615. The van der Waals surface area contributed by atoms with Gasteiger partial charge in [0.25, 0.3) is 0 Å².